The van der Waals surface area contributed by atoms with E-state index in [2.05, 4.69) is 32.3 Å². The van der Waals surface area contributed by atoms with E-state index >= 15 is 0 Å². The van der Waals surface area contributed by atoms with Crippen molar-refractivity contribution in [1.29, 1.82) is 0 Å². The Bertz CT molecular complexity index is 2080. The Balaban J connectivity index is 1.48. The molecule has 4 aromatic heterocycles. The molecule has 0 radical (unpaired) electrons. The smallest absolute Gasteiger partial charge is 0.267 e. The number of aryl methyl sites for hydroxylation is 1. The summed E-state index contributed by atoms with van der Waals surface area (Å²) >= 11 is 0. The first-order valence-electron chi connectivity index (χ1n) is 12.8. The van der Waals surface area contributed by atoms with Gasteiger partial charge >= 0.3 is 0 Å². The number of rotatable bonds is 4. The maximum Gasteiger partial charge on any atom is 0.267 e. The van der Waals surface area contributed by atoms with Crippen LogP contribution in [0.3, 0.4) is 0 Å². The number of para-hydroxylation sites is 1. The summed E-state index contributed by atoms with van der Waals surface area (Å²) in [4.78, 5) is 36.5. The third-order valence-electron chi connectivity index (χ3n) is 6.93. The number of anilines is 1. The number of benzene rings is 2. The van der Waals surface area contributed by atoms with E-state index in [0.29, 0.717) is 33.5 Å². The molecule has 3 N–H and O–H groups in total. The molecular formula is C30H25N9O2. The van der Waals surface area contributed by atoms with Crippen molar-refractivity contribution in [1.82, 2.24) is 39.2 Å². The molecule has 202 valence electrons. The van der Waals surface area contributed by atoms with Crippen molar-refractivity contribution in [2.75, 3.05) is 5.73 Å². The van der Waals surface area contributed by atoms with Crippen molar-refractivity contribution in [2.24, 2.45) is 7.05 Å². The summed E-state index contributed by atoms with van der Waals surface area (Å²) in [6.07, 6.45) is 6.38. The van der Waals surface area contributed by atoms with Crippen LogP contribution >= 0.6 is 0 Å². The zero-order valence-electron chi connectivity index (χ0n) is 22.5. The molecular weight excluding hydrogens is 518 g/mol. The zero-order chi connectivity index (χ0) is 28.7. The van der Waals surface area contributed by atoms with Gasteiger partial charge in [0.05, 0.1) is 51.8 Å². The third-order valence-corrected chi connectivity index (χ3v) is 6.93. The summed E-state index contributed by atoms with van der Waals surface area (Å²) in [7, 11) is 1.85. The molecule has 1 atom stereocenters. The Kier molecular flexibility index (Phi) is 6.28. The molecule has 0 saturated carbocycles. The largest absolute Gasteiger partial charge is 0.382 e. The van der Waals surface area contributed by atoms with Gasteiger partial charge < -0.3 is 11.1 Å². The zero-order valence-corrected chi connectivity index (χ0v) is 22.5. The van der Waals surface area contributed by atoms with Crippen LogP contribution in [0.15, 0.2) is 78.1 Å². The average Bonchev–Trinajstić information content (AvgIpc) is 3.49. The van der Waals surface area contributed by atoms with Crippen LogP contribution in [0.4, 0.5) is 5.82 Å². The molecule has 0 saturated heterocycles. The minimum Gasteiger partial charge on any atom is -0.382 e. The van der Waals surface area contributed by atoms with Gasteiger partial charge in [0.1, 0.15) is 11.4 Å². The highest BCUT2D eigenvalue weighted by Gasteiger charge is 2.24. The summed E-state index contributed by atoms with van der Waals surface area (Å²) in [6.45, 7) is 3.70. The number of fused-ring (bicyclic) bond motifs is 2. The standard InChI is InChI=1S/C30H25N9O2/c1-18(34-29(40)26-24-17-32-14-15-38(24)36-27(26)31)28-35-23-11-7-8-20(12-13-21-16-33-37(3)19(21)2)25(23)30(41)39(28)22-9-5-4-6-10-22/h4-11,14-18H,1-3H3,(H2,31,36)(H,34,40)/t18-/m0/s1. The molecule has 11 nitrogen and oxygen atoms in total. The monoisotopic (exact) mass is 543 g/mol. The second kappa shape index (κ2) is 10.1. The Morgan fingerprint density at radius 1 is 1.05 bits per heavy atom. The van der Waals surface area contributed by atoms with Gasteiger partial charge in [-0.1, -0.05) is 36.1 Å². The van der Waals surface area contributed by atoms with Crippen LogP contribution < -0.4 is 16.6 Å². The number of carbonyl (C=O) groups is 1. The lowest BCUT2D eigenvalue weighted by atomic mass is 10.1. The highest BCUT2D eigenvalue weighted by molar-refractivity contribution is 6.05. The normalized spacial score (nSPS) is 11.8. The second-order valence-corrected chi connectivity index (χ2v) is 9.52. The first-order chi connectivity index (χ1) is 19.8. The molecule has 0 aliphatic heterocycles. The van der Waals surface area contributed by atoms with Gasteiger partial charge in [0.15, 0.2) is 5.82 Å². The van der Waals surface area contributed by atoms with Crippen molar-refractivity contribution in [2.45, 2.75) is 19.9 Å². The summed E-state index contributed by atoms with van der Waals surface area (Å²) in [5, 5.41) is 11.8. The van der Waals surface area contributed by atoms with Gasteiger partial charge in [0.25, 0.3) is 11.5 Å². The molecule has 0 aliphatic rings. The second-order valence-electron chi connectivity index (χ2n) is 9.52. The molecule has 11 heteroatoms. The fourth-order valence-corrected chi connectivity index (χ4v) is 4.71. The van der Waals surface area contributed by atoms with Crippen LogP contribution in [0.25, 0.3) is 22.1 Å². The number of nitrogens with zero attached hydrogens (tertiary/aromatic N) is 7. The molecule has 6 aromatic rings. The number of nitrogens with one attached hydrogen (secondary N) is 1. The minimum absolute atomic E-state index is 0.0710. The van der Waals surface area contributed by atoms with Crippen LogP contribution in [-0.4, -0.2) is 39.8 Å². The first-order valence-corrected chi connectivity index (χ1v) is 12.8. The summed E-state index contributed by atoms with van der Waals surface area (Å²) in [6, 6.07) is 13.9. The number of hydrogen-bond acceptors (Lipinski definition) is 7. The number of nitrogen functional groups attached to an aromatic ring is 1. The molecule has 0 unspecified atom stereocenters. The van der Waals surface area contributed by atoms with Gasteiger partial charge in [-0.2, -0.15) is 5.10 Å². The van der Waals surface area contributed by atoms with Gasteiger partial charge in [-0.3, -0.25) is 23.8 Å². The van der Waals surface area contributed by atoms with Crippen LogP contribution in [-0.2, 0) is 7.05 Å². The lowest BCUT2D eigenvalue weighted by molar-refractivity contribution is 0.0940. The van der Waals surface area contributed by atoms with Crippen molar-refractivity contribution in [3.05, 3.63) is 112 Å². The molecule has 0 spiro atoms. The molecule has 0 bridgehead atoms. The Morgan fingerprint density at radius 2 is 1.83 bits per heavy atom. The van der Waals surface area contributed by atoms with Crippen LogP contribution in [0.1, 0.15) is 46.0 Å². The van der Waals surface area contributed by atoms with E-state index in [1.807, 2.05) is 50.4 Å². The molecule has 0 fully saturated rings. The van der Waals surface area contributed by atoms with Crippen LogP contribution in [0, 0.1) is 18.8 Å². The maximum absolute atomic E-state index is 14.2. The quantitative estimate of drug-likeness (QED) is 0.326. The van der Waals surface area contributed by atoms with Gasteiger partial charge in [-0.15, -0.1) is 5.10 Å². The van der Waals surface area contributed by atoms with Crippen molar-refractivity contribution >= 4 is 28.1 Å². The number of hydrogen-bond donors (Lipinski definition) is 2. The summed E-state index contributed by atoms with van der Waals surface area (Å²) < 4.78 is 4.75. The van der Waals surface area contributed by atoms with Gasteiger partial charge in [-0.25, -0.2) is 9.50 Å². The Labute approximate surface area is 234 Å². The third kappa shape index (κ3) is 4.47. The SMILES string of the molecule is Cc1c(C#Cc2cccc3nc([C@H](C)NC(=O)c4c(N)nn5ccncc45)n(-c4ccccc4)c(=O)c23)cnn1C. The van der Waals surface area contributed by atoms with E-state index in [4.69, 9.17) is 10.7 Å². The first kappa shape index (κ1) is 25.5. The number of aromatic nitrogens is 7. The number of amides is 1. The van der Waals surface area contributed by atoms with Crippen LogP contribution in [0.5, 0.6) is 0 Å². The Hall–Kier alpha value is -5.76. The molecule has 41 heavy (non-hydrogen) atoms. The number of carbonyl (C=O) groups excluding carboxylic acids is 1. The highest BCUT2D eigenvalue weighted by Crippen LogP contribution is 2.22. The lowest BCUT2D eigenvalue weighted by Crippen LogP contribution is -2.33. The topological polar surface area (TPSA) is 138 Å². The van der Waals surface area contributed by atoms with Crippen molar-refractivity contribution in [3.8, 4) is 17.5 Å². The van der Waals surface area contributed by atoms with E-state index in [9.17, 15) is 9.59 Å². The van der Waals surface area contributed by atoms with E-state index in [1.54, 1.807) is 42.3 Å². The van der Waals surface area contributed by atoms with E-state index in [1.165, 1.54) is 15.3 Å². The van der Waals surface area contributed by atoms with E-state index in [-0.39, 0.29) is 16.9 Å². The van der Waals surface area contributed by atoms with Gasteiger partial charge in [0, 0.05) is 25.0 Å². The highest BCUT2D eigenvalue weighted by atomic mass is 16.2. The van der Waals surface area contributed by atoms with Crippen LogP contribution in [0.2, 0.25) is 0 Å². The minimum atomic E-state index is -0.682. The summed E-state index contributed by atoms with van der Waals surface area (Å²) in [5.41, 5.74) is 9.75. The molecule has 2 aromatic carbocycles. The van der Waals surface area contributed by atoms with E-state index < -0.39 is 11.9 Å². The van der Waals surface area contributed by atoms with Gasteiger partial charge in [-0.05, 0) is 38.1 Å². The van der Waals surface area contributed by atoms with Crippen molar-refractivity contribution in [3.63, 3.8) is 0 Å². The fraction of sp³-hybridized carbons (Fsp3) is 0.133. The number of nitrogens with two attached hydrogens (primary N) is 1. The molecule has 0 aliphatic carbocycles. The predicted octanol–water partition coefficient (Wildman–Crippen LogP) is 2.94. The average molecular weight is 544 g/mol. The maximum atomic E-state index is 14.2. The lowest BCUT2D eigenvalue weighted by Gasteiger charge is -2.20. The van der Waals surface area contributed by atoms with Gasteiger partial charge in [0.2, 0.25) is 0 Å². The van der Waals surface area contributed by atoms with Crippen molar-refractivity contribution < 1.29 is 4.79 Å². The fourth-order valence-electron chi connectivity index (χ4n) is 4.71. The molecule has 4 heterocycles. The van der Waals surface area contributed by atoms with E-state index in [0.717, 1.165) is 11.3 Å². The predicted molar refractivity (Wildman–Crippen MR) is 155 cm³/mol. The summed E-state index contributed by atoms with van der Waals surface area (Å²) in [5.74, 6) is 6.24. The molecule has 1 amide bonds. The Morgan fingerprint density at radius 3 is 2.59 bits per heavy atom. The molecule has 6 rings (SSSR count).